The third-order valence-electron chi connectivity index (χ3n) is 4.14. The van der Waals surface area contributed by atoms with Crippen molar-refractivity contribution < 1.29 is 0 Å². The topological polar surface area (TPSA) is 29.3 Å². The van der Waals surface area contributed by atoms with Gasteiger partial charge in [-0.15, -0.1) is 0 Å². The summed E-state index contributed by atoms with van der Waals surface area (Å²) in [5, 5.41) is 0. The molecule has 0 amide bonds. The molecule has 1 heterocycles. The summed E-state index contributed by atoms with van der Waals surface area (Å²) < 4.78 is 0. The highest BCUT2D eigenvalue weighted by Crippen LogP contribution is 2.36. The lowest BCUT2D eigenvalue weighted by molar-refractivity contribution is 0.291. The third kappa shape index (κ3) is 1.76. The van der Waals surface area contributed by atoms with Crippen LogP contribution in [-0.4, -0.2) is 31.1 Å². The zero-order valence-electron chi connectivity index (χ0n) is 9.73. The van der Waals surface area contributed by atoms with E-state index >= 15 is 0 Å². The normalized spacial score (nSPS) is 28.8. The number of fused-ring (bicyclic) bond motifs is 1. The van der Waals surface area contributed by atoms with Crippen molar-refractivity contribution in [3.05, 3.63) is 35.4 Å². The van der Waals surface area contributed by atoms with Crippen LogP contribution < -0.4 is 5.73 Å². The first-order valence-electron chi connectivity index (χ1n) is 6.37. The van der Waals surface area contributed by atoms with Crippen molar-refractivity contribution in [3.63, 3.8) is 0 Å². The van der Waals surface area contributed by atoms with E-state index in [9.17, 15) is 0 Å². The van der Waals surface area contributed by atoms with E-state index in [-0.39, 0.29) is 0 Å². The van der Waals surface area contributed by atoms with Crippen LogP contribution >= 0.6 is 0 Å². The Kier molecular flexibility index (Phi) is 2.70. The van der Waals surface area contributed by atoms with Crippen LogP contribution in [0.2, 0.25) is 0 Å². The molecule has 1 aliphatic heterocycles. The molecule has 2 nitrogen and oxygen atoms in total. The first kappa shape index (κ1) is 10.3. The van der Waals surface area contributed by atoms with Gasteiger partial charge in [0.05, 0.1) is 0 Å². The van der Waals surface area contributed by atoms with Crippen molar-refractivity contribution in [1.29, 1.82) is 0 Å². The van der Waals surface area contributed by atoms with E-state index in [2.05, 4.69) is 29.2 Å². The summed E-state index contributed by atoms with van der Waals surface area (Å²) in [6, 6.07) is 8.87. The maximum absolute atomic E-state index is 5.72. The minimum absolute atomic E-state index is 0.746. The van der Waals surface area contributed by atoms with Gasteiger partial charge in [0.25, 0.3) is 0 Å². The number of nitrogens with two attached hydrogens (primary N) is 1. The SMILES string of the molecule is NCC1CCN(CC2Cc3ccccc32)C1. The van der Waals surface area contributed by atoms with Crippen LogP contribution in [-0.2, 0) is 6.42 Å². The lowest BCUT2D eigenvalue weighted by atomic mass is 9.77. The minimum atomic E-state index is 0.746. The summed E-state index contributed by atoms with van der Waals surface area (Å²) >= 11 is 0. The standard InChI is InChI=1S/C14H20N2/c15-8-11-5-6-16(9-11)10-13-7-12-3-1-2-4-14(12)13/h1-4,11,13H,5-10,15H2. The number of hydrogen-bond donors (Lipinski definition) is 1. The molecule has 3 rings (SSSR count). The number of nitrogens with zero attached hydrogens (tertiary/aromatic N) is 1. The lowest BCUT2D eigenvalue weighted by Crippen LogP contribution is -2.32. The van der Waals surface area contributed by atoms with E-state index in [4.69, 9.17) is 5.73 Å². The third-order valence-corrected chi connectivity index (χ3v) is 4.14. The second-order valence-corrected chi connectivity index (χ2v) is 5.25. The van der Waals surface area contributed by atoms with E-state index in [0.29, 0.717) is 0 Å². The highest BCUT2D eigenvalue weighted by molar-refractivity contribution is 5.40. The fraction of sp³-hybridized carbons (Fsp3) is 0.571. The Hall–Kier alpha value is -0.860. The van der Waals surface area contributed by atoms with E-state index in [0.717, 1.165) is 18.4 Å². The summed E-state index contributed by atoms with van der Waals surface area (Å²) in [7, 11) is 0. The maximum Gasteiger partial charge on any atom is 0.00537 e. The molecule has 2 atom stereocenters. The highest BCUT2D eigenvalue weighted by Gasteiger charge is 2.29. The highest BCUT2D eigenvalue weighted by atomic mass is 15.1. The minimum Gasteiger partial charge on any atom is -0.330 e. The van der Waals surface area contributed by atoms with Gasteiger partial charge in [-0.05, 0) is 43.0 Å². The summed E-state index contributed by atoms with van der Waals surface area (Å²) in [5.41, 5.74) is 8.86. The van der Waals surface area contributed by atoms with Crippen molar-refractivity contribution >= 4 is 0 Å². The monoisotopic (exact) mass is 216 g/mol. The summed E-state index contributed by atoms with van der Waals surface area (Å²) in [6.07, 6.45) is 2.57. The Bertz CT molecular complexity index is 375. The van der Waals surface area contributed by atoms with Crippen LogP contribution in [0.15, 0.2) is 24.3 Å². The largest absolute Gasteiger partial charge is 0.330 e. The van der Waals surface area contributed by atoms with Crippen molar-refractivity contribution in [3.8, 4) is 0 Å². The molecule has 1 aromatic carbocycles. The summed E-state index contributed by atoms with van der Waals surface area (Å²) in [4.78, 5) is 2.60. The molecular weight excluding hydrogens is 196 g/mol. The Balaban J connectivity index is 1.59. The fourth-order valence-electron chi connectivity index (χ4n) is 3.11. The van der Waals surface area contributed by atoms with Crippen molar-refractivity contribution in [2.75, 3.05) is 26.2 Å². The van der Waals surface area contributed by atoms with Crippen LogP contribution in [0.4, 0.5) is 0 Å². The van der Waals surface area contributed by atoms with E-state index < -0.39 is 0 Å². The Morgan fingerprint density at radius 1 is 1.31 bits per heavy atom. The first-order valence-corrected chi connectivity index (χ1v) is 6.37. The van der Waals surface area contributed by atoms with Crippen LogP contribution in [0.25, 0.3) is 0 Å². The Morgan fingerprint density at radius 3 is 2.94 bits per heavy atom. The van der Waals surface area contributed by atoms with E-state index in [1.807, 2.05) is 0 Å². The maximum atomic E-state index is 5.72. The Labute approximate surface area is 97.4 Å². The van der Waals surface area contributed by atoms with Gasteiger partial charge in [0, 0.05) is 19.0 Å². The molecule has 2 aliphatic rings. The van der Waals surface area contributed by atoms with Crippen molar-refractivity contribution in [2.45, 2.75) is 18.8 Å². The van der Waals surface area contributed by atoms with Gasteiger partial charge in [-0.25, -0.2) is 0 Å². The summed E-state index contributed by atoms with van der Waals surface area (Å²) in [6.45, 7) is 4.57. The van der Waals surface area contributed by atoms with Gasteiger partial charge >= 0.3 is 0 Å². The average molecular weight is 216 g/mol. The van der Waals surface area contributed by atoms with Crippen LogP contribution in [0.5, 0.6) is 0 Å². The molecule has 2 N–H and O–H groups in total. The molecule has 1 fully saturated rings. The molecule has 0 bridgehead atoms. The molecule has 2 unspecified atom stereocenters. The molecule has 0 spiro atoms. The number of rotatable bonds is 3. The molecule has 1 saturated heterocycles. The fourth-order valence-corrected chi connectivity index (χ4v) is 3.11. The van der Waals surface area contributed by atoms with E-state index in [1.165, 1.54) is 32.5 Å². The zero-order chi connectivity index (χ0) is 11.0. The molecular formula is C14H20N2. The van der Waals surface area contributed by atoms with Gasteiger partial charge in [0.15, 0.2) is 0 Å². The molecule has 0 aromatic heterocycles. The lowest BCUT2D eigenvalue weighted by Gasteiger charge is -2.33. The van der Waals surface area contributed by atoms with E-state index in [1.54, 1.807) is 11.1 Å². The Morgan fingerprint density at radius 2 is 2.19 bits per heavy atom. The van der Waals surface area contributed by atoms with Crippen LogP contribution in [0, 0.1) is 5.92 Å². The zero-order valence-corrected chi connectivity index (χ0v) is 9.73. The molecule has 2 heteroatoms. The number of hydrogen-bond acceptors (Lipinski definition) is 2. The van der Waals surface area contributed by atoms with Gasteiger partial charge in [0.2, 0.25) is 0 Å². The predicted molar refractivity (Wildman–Crippen MR) is 66.5 cm³/mol. The van der Waals surface area contributed by atoms with Crippen LogP contribution in [0.1, 0.15) is 23.5 Å². The van der Waals surface area contributed by atoms with Crippen LogP contribution in [0.3, 0.4) is 0 Å². The first-order chi connectivity index (χ1) is 7.86. The van der Waals surface area contributed by atoms with Gasteiger partial charge in [-0.2, -0.15) is 0 Å². The van der Waals surface area contributed by atoms with Crippen molar-refractivity contribution in [1.82, 2.24) is 4.90 Å². The number of benzene rings is 1. The molecule has 1 aliphatic carbocycles. The molecule has 16 heavy (non-hydrogen) atoms. The van der Waals surface area contributed by atoms with Gasteiger partial charge in [-0.3, -0.25) is 0 Å². The predicted octanol–water partition coefficient (Wildman–Crippen LogP) is 1.61. The summed E-state index contributed by atoms with van der Waals surface area (Å²) in [5.74, 6) is 1.53. The van der Waals surface area contributed by atoms with Gasteiger partial charge < -0.3 is 10.6 Å². The number of likely N-dealkylation sites (tertiary alicyclic amines) is 1. The molecule has 1 aromatic rings. The van der Waals surface area contributed by atoms with Gasteiger partial charge in [0.1, 0.15) is 0 Å². The second kappa shape index (κ2) is 4.19. The molecule has 0 saturated carbocycles. The molecule has 0 radical (unpaired) electrons. The second-order valence-electron chi connectivity index (χ2n) is 5.25. The quantitative estimate of drug-likeness (QED) is 0.831. The molecule has 86 valence electrons. The van der Waals surface area contributed by atoms with Crippen molar-refractivity contribution in [2.24, 2.45) is 11.7 Å². The average Bonchev–Trinajstić information content (AvgIpc) is 2.74. The van der Waals surface area contributed by atoms with Gasteiger partial charge in [-0.1, -0.05) is 24.3 Å². The smallest absolute Gasteiger partial charge is 0.00537 e.